The first-order valence-electron chi connectivity index (χ1n) is 7.99. The average molecular weight is 318 g/mol. The van der Waals surface area contributed by atoms with E-state index in [1.165, 1.54) is 4.90 Å². The average Bonchev–Trinajstić information content (AvgIpc) is 2.52. The Morgan fingerprint density at radius 1 is 1.17 bits per heavy atom. The highest BCUT2D eigenvalue weighted by molar-refractivity contribution is 5.92. The van der Waals surface area contributed by atoms with Crippen LogP contribution >= 0.6 is 0 Å². The molecule has 1 N–H and O–H groups in total. The van der Waals surface area contributed by atoms with E-state index in [2.05, 4.69) is 5.32 Å². The van der Waals surface area contributed by atoms with E-state index in [4.69, 9.17) is 4.74 Å². The molecule has 0 saturated carbocycles. The molecule has 1 aromatic rings. The Bertz CT molecular complexity index is 567. The van der Waals surface area contributed by atoms with Gasteiger partial charge in [0.1, 0.15) is 0 Å². The molecule has 0 unspecified atom stereocenters. The van der Waals surface area contributed by atoms with E-state index in [0.717, 1.165) is 5.56 Å². The van der Waals surface area contributed by atoms with Crippen LogP contribution < -0.4 is 5.32 Å². The number of nitrogens with zero attached hydrogens (tertiary/aromatic N) is 1. The van der Waals surface area contributed by atoms with Gasteiger partial charge in [0.15, 0.2) is 0 Å². The van der Waals surface area contributed by atoms with E-state index in [0.29, 0.717) is 13.0 Å². The zero-order chi connectivity index (χ0) is 17.1. The first-order valence-corrected chi connectivity index (χ1v) is 7.99. The highest BCUT2D eigenvalue weighted by Gasteiger charge is 2.40. The number of hydrogen-bond donors (Lipinski definition) is 1. The van der Waals surface area contributed by atoms with Crippen molar-refractivity contribution in [1.29, 1.82) is 0 Å². The van der Waals surface area contributed by atoms with Crippen molar-refractivity contribution in [1.82, 2.24) is 10.2 Å². The smallest absolute Gasteiger partial charge is 0.416 e. The third-order valence-electron chi connectivity index (χ3n) is 3.80. The Kier molecular flexibility index (Phi) is 5.09. The lowest BCUT2D eigenvalue weighted by molar-refractivity contribution is -0.129. The predicted octanol–water partition coefficient (Wildman–Crippen LogP) is 2.74. The fourth-order valence-electron chi connectivity index (χ4n) is 3.10. The Balaban J connectivity index is 1.96. The highest BCUT2D eigenvalue weighted by Crippen LogP contribution is 2.22. The van der Waals surface area contributed by atoms with Crippen LogP contribution in [0.5, 0.6) is 0 Å². The Morgan fingerprint density at radius 2 is 1.83 bits per heavy atom. The maximum Gasteiger partial charge on any atom is 0.416 e. The zero-order valence-corrected chi connectivity index (χ0v) is 14.4. The van der Waals surface area contributed by atoms with Crippen molar-refractivity contribution in [3.05, 3.63) is 35.9 Å². The van der Waals surface area contributed by atoms with Crippen LogP contribution in [0.4, 0.5) is 4.79 Å². The molecule has 1 aromatic carbocycles. The SMILES string of the molecule is CC1(C)CC(=O)N(C(=O)OCCc2ccccc2)CC(C)(C)N1. The van der Waals surface area contributed by atoms with Gasteiger partial charge in [-0.25, -0.2) is 9.69 Å². The number of rotatable bonds is 3. The van der Waals surface area contributed by atoms with Crippen LogP contribution in [0.2, 0.25) is 0 Å². The van der Waals surface area contributed by atoms with Crippen molar-refractivity contribution >= 4 is 12.0 Å². The quantitative estimate of drug-likeness (QED) is 0.931. The van der Waals surface area contributed by atoms with Crippen molar-refractivity contribution in [2.75, 3.05) is 13.2 Å². The van der Waals surface area contributed by atoms with Gasteiger partial charge in [-0.15, -0.1) is 0 Å². The molecule has 5 heteroatoms. The monoisotopic (exact) mass is 318 g/mol. The van der Waals surface area contributed by atoms with Crippen LogP contribution in [-0.2, 0) is 16.0 Å². The second-order valence-corrected chi connectivity index (χ2v) is 7.40. The number of amides is 2. The summed E-state index contributed by atoms with van der Waals surface area (Å²) in [5.41, 5.74) is 0.402. The van der Waals surface area contributed by atoms with Crippen molar-refractivity contribution in [2.45, 2.75) is 51.6 Å². The number of hydrogen-bond acceptors (Lipinski definition) is 4. The van der Waals surface area contributed by atoms with Gasteiger partial charge in [0.2, 0.25) is 5.91 Å². The molecule has 0 bridgehead atoms. The summed E-state index contributed by atoms with van der Waals surface area (Å²) in [4.78, 5) is 25.9. The van der Waals surface area contributed by atoms with E-state index >= 15 is 0 Å². The van der Waals surface area contributed by atoms with E-state index in [1.807, 2.05) is 58.0 Å². The van der Waals surface area contributed by atoms with E-state index in [9.17, 15) is 9.59 Å². The molecular weight excluding hydrogens is 292 g/mol. The van der Waals surface area contributed by atoms with E-state index in [-0.39, 0.29) is 30.0 Å². The van der Waals surface area contributed by atoms with Crippen LogP contribution in [0.1, 0.15) is 39.7 Å². The summed E-state index contributed by atoms with van der Waals surface area (Å²) in [5, 5.41) is 3.42. The number of carbonyl (C=O) groups is 2. The maximum absolute atomic E-state index is 12.4. The van der Waals surface area contributed by atoms with Crippen LogP contribution in [0.3, 0.4) is 0 Å². The van der Waals surface area contributed by atoms with Gasteiger partial charge >= 0.3 is 6.09 Å². The molecule has 2 rings (SSSR count). The number of ether oxygens (including phenoxy) is 1. The molecule has 0 radical (unpaired) electrons. The summed E-state index contributed by atoms with van der Waals surface area (Å²) in [6.45, 7) is 8.48. The van der Waals surface area contributed by atoms with Gasteiger partial charge < -0.3 is 10.1 Å². The van der Waals surface area contributed by atoms with Crippen molar-refractivity contribution < 1.29 is 14.3 Å². The van der Waals surface area contributed by atoms with Crippen LogP contribution in [0.25, 0.3) is 0 Å². The molecule has 0 spiro atoms. The number of carbonyl (C=O) groups excluding carboxylic acids is 2. The zero-order valence-electron chi connectivity index (χ0n) is 14.4. The lowest BCUT2D eigenvalue weighted by Crippen LogP contribution is -2.54. The third kappa shape index (κ3) is 5.06. The molecule has 0 atom stereocenters. The first-order chi connectivity index (χ1) is 10.7. The van der Waals surface area contributed by atoms with Gasteiger partial charge in [0.25, 0.3) is 0 Å². The predicted molar refractivity (Wildman–Crippen MR) is 89.1 cm³/mol. The van der Waals surface area contributed by atoms with Gasteiger partial charge in [-0.1, -0.05) is 30.3 Å². The summed E-state index contributed by atoms with van der Waals surface area (Å²) < 4.78 is 5.31. The summed E-state index contributed by atoms with van der Waals surface area (Å²) >= 11 is 0. The molecule has 1 fully saturated rings. The molecule has 0 aromatic heterocycles. The maximum atomic E-state index is 12.4. The lowest BCUT2D eigenvalue weighted by Gasteiger charge is -2.33. The van der Waals surface area contributed by atoms with Crippen LogP contribution in [-0.4, -0.2) is 41.1 Å². The van der Waals surface area contributed by atoms with E-state index in [1.54, 1.807) is 0 Å². The molecule has 0 aliphatic carbocycles. The summed E-state index contributed by atoms with van der Waals surface area (Å²) in [6, 6.07) is 9.82. The van der Waals surface area contributed by atoms with Gasteiger partial charge in [-0.05, 0) is 33.3 Å². The second kappa shape index (κ2) is 6.71. The fraction of sp³-hybridized carbons (Fsp3) is 0.556. The van der Waals surface area contributed by atoms with Crippen molar-refractivity contribution in [3.63, 3.8) is 0 Å². The number of benzene rings is 1. The van der Waals surface area contributed by atoms with Crippen LogP contribution in [0.15, 0.2) is 30.3 Å². The molecule has 1 aliphatic rings. The Labute approximate surface area is 138 Å². The highest BCUT2D eigenvalue weighted by atomic mass is 16.6. The minimum absolute atomic E-state index is 0.196. The minimum atomic E-state index is -0.557. The summed E-state index contributed by atoms with van der Waals surface area (Å²) in [6.07, 6.45) is 0.352. The largest absolute Gasteiger partial charge is 0.449 e. The van der Waals surface area contributed by atoms with Crippen molar-refractivity contribution in [2.24, 2.45) is 0 Å². The van der Waals surface area contributed by atoms with E-state index < -0.39 is 6.09 Å². The Morgan fingerprint density at radius 3 is 2.48 bits per heavy atom. The van der Waals surface area contributed by atoms with Gasteiger partial charge in [0.05, 0.1) is 6.61 Å². The van der Waals surface area contributed by atoms with Crippen molar-refractivity contribution in [3.8, 4) is 0 Å². The van der Waals surface area contributed by atoms with Gasteiger partial charge in [-0.3, -0.25) is 4.79 Å². The normalized spacial score (nSPS) is 20.0. The topological polar surface area (TPSA) is 58.6 Å². The summed E-state index contributed by atoms with van der Waals surface area (Å²) in [7, 11) is 0. The first kappa shape index (κ1) is 17.5. The molecule has 1 heterocycles. The second-order valence-electron chi connectivity index (χ2n) is 7.40. The molecule has 23 heavy (non-hydrogen) atoms. The lowest BCUT2D eigenvalue weighted by atomic mass is 9.96. The Hall–Kier alpha value is -1.88. The standard InChI is InChI=1S/C18H26N2O3/c1-17(2)12-15(21)20(13-18(3,4)19-17)16(22)23-11-10-14-8-6-5-7-9-14/h5-9,19H,10-13H2,1-4H3. The molecule has 5 nitrogen and oxygen atoms in total. The molecule has 126 valence electrons. The molecule has 1 aliphatic heterocycles. The van der Waals surface area contributed by atoms with Crippen LogP contribution in [0, 0.1) is 0 Å². The molecule has 1 saturated heterocycles. The number of nitrogens with one attached hydrogen (secondary N) is 1. The minimum Gasteiger partial charge on any atom is -0.449 e. The fourth-order valence-corrected chi connectivity index (χ4v) is 3.10. The third-order valence-corrected chi connectivity index (χ3v) is 3.80. The number of imide groups is 1. The van der Waals surface area contributed by atoms with Gasteiger partial charge in [-0.2, -0.15) is 0 Å². The molecule has 2 amide bonds. The summed E-state index contributed by atoms with van der Waals surface area (Å²) in [5.74, 6) is -0.196. The van der Waals surface area contributed by atoms with Gasteiger partial charge in [0, 0.05) is 30.5 Å². The molecular formula is C18H26N2O3.